The number of hydrogen-bond acceptors (Lipinski definition) is 3. The average molecular weight is 285 g/mol. The van der Waals surface area contributed by atoms with Gasteiger partial charge >= 0.3 is 0 Å². The molecule has 0 radical (unpaired) electrons. The fourth-order valence-electron chi connectivity index (χ4n) is 2.15. The summed E-state index contributed by atoms with van der Waals surface area (Å²) in [4.78, 5) is 9.20. The number of ether oxygens (including phenoxy) is 1. The van der Waals surface area contributed by atoms with E-state index in [4.69, 9.17) is 21.3 Å². The number of benzene rings is 2. The van der Waals surface area contributed by atoms with Crippen LogP contribution >= 0.6 is 11.6 Å². The van der Waals surface area contributed by atoms with Gasteiger partial charge in [0.05, 0.1) is 30.6 Å². The van der Waals surface area contributed by atoms with Gasteiger partial charge in [0, 0.05) is 5.02 Å². The highest BCUT2D eigenvalue weighted by molar-refractivity contribution is 6.31. The zero-order valence-electron chi connectivity index (χ0n) is 11.0. The quantitative estimate of drug-likeness (QED) is 0.783. The minimum atomic E-state index is 0.486. The zero-order valence-corrected chi connectivity index (χ0v) is 11.8. The highest BCUT2D eigenvalue weighted by Crippen LogP contribution is 2.27. The van der Waals surface area contributed by atoms with E-state index in [1.165, 1.54) is 0 Å². The van der Waals surface area contributed by atoms with Gasteiger partial charge in [0.1, 0.15) is 0 Å². The third kappa shape index (κ3) is 2.45. The third-order valence-corrected chi connectivity index (χ3v) is 3.35. The van der Waals surface area contributed by atoms with E-state index in [2.05, 4.69) is 4.99 Å². The van der Waals surface area contributed by atoms with Crippen LogP contribution < -0.4 is 0 Å². The van der Waals surface area contributed by atoms with Crippen molar-refractivity contribution >= 4 is 28.9 Å². The van der Waals surface area contributed by atoms with E-state index in [0.717, 1.165) is 22.5 Å². The van der Waals surface area contributed by atoms with E-state index >= 15 is 0 Å². The summed E-state index contributed by atoms with van der Waals surface area (Å²) in [5, 5.41) is 0.650. The van der Waals surface area contributed by atoms with Crippen LogP contribution in [0, 0.1) is 0 Å². The number of fused-ring (bicyclic) bond motifs is 1. The molecule has 4 heteroatoms. The van der Waals surface area contributed by atoms with Crippen LogP contribution in [0.2, 0.25) is 5.02 Å². The molecule has 20 heavy (non-hydrogen) atoms. The van der Waals surface area contributed by atoms with Crippen molar-refractivity contribution in [3.05, 3.63) is 64.7 Å². The van der Waals surface area contributed by atoms with Gasteiger partial charge in [-0.05, 0) is 23.8 Å². The molecule has 0 amide bonds. The zero-order chi connectivity index (χ0) is 13.9. The van der Waals surface area contributed by atoms with E-state index in [-0.39, 0.29) is 0 Å². The number of halogens is 1. The molecule has 1 aliphatic rings. The van der Waals surface area contributed by atoms with Gasteiger partial charge in [0.25, 0.3) is 0 Å². The fourth-order valence-corrected chi connectivity index (χ4v) is 2.32. The maximum absolute atomic E-state index is 6.06. The largest absolute Gasteiger partial charge is 0.481 e. The number of rotatable bonds is 1. The van der Waals surface area contributed by atoms with Crippen molar-refractivity contribution in [2.75, 3.05) is 13.7 Å². The first-order chi connectivity index (χ1) is 9.78. The lowest BCUT2D eigenvalue weighted by atomic mass is 10.1. The van der Waals surface area contributed by atoms with E-state index < -0.39 is 0 Å². The molecular formula is C16H13ClN2O. The van der Waals surface area contributed by atoms with Crippen molar-refractivity contribution in [3.8, 4) is 0 Å². The Morgan fingerprint density at radius 3 is 2.65 bits per heavy atom. The number of hydrogen-bond donors (Lipinski definition) is 0. The van der Waals surface area contributed by atoms with E-state index in [9.17, 15) is 0 Å². The molecule has 1 aliphatic heterocycles. The molecule has 0 fully saturated rings. The SMILES string of the molecule is COC1=NCC(c2ccccc2)=Nc2cc(Cl)ccc21. The first-order valence-electron chi connectivity index (χ1n) is 6.29. The molecule has 0 saturated heterocycles. The summed E-state index contributed by atoms with van der Waals surface area (Å²) in [6, 6.07) is 15.5. The highest BCUT2D eigenvalue weighted by Gasteiger charge is 2.16. The minimum Gasteiger partial charge on any atom is -0.481 e. The molecule has 0 bridgehead atoms. The molecule has 0 aromatic heterocycles. The van der Waals surface area contributed by atoms with Crippen molar-refractivity contribution < 1.29 is 4.74 Å². The van der Waals surface area contributed by atoms with E-state index in [1.54, 1.807) is 7.11 Å². The van der Waals surface area contributed by atoms with Crippen molar-refractivity contribution in [1.29, 1.82) is 0 Å². The second-order valence-electron chi connectivity index (χ2n) is 4.41. The Balaban J connectivity index is 2.15. The third-order valence-electron chi connectivity index (χ3n) is 3.12. The molecule has 0 aliphatic carbocycles. The Kier molecular flexibility index (Phi) is 3.52. The predicted molar refractivity (Wildman–Crippen MR) is 82.5 cm³/mol. The van der Waals surface area contributed by atoms with Gasteiger partial charge in [0.2, 0.25) is 5.90 Å². The smallest absolute Gasteiger partial charge is 0.218 e. The van der Waals surface area contributed by atoms with Crippen molar-refractivity contribution in [3.63, 3.8) is 0 Å². The Bertz CT molecular complexity index is 693. The molecule has 0 atom stereocenters. The Hall–Kier alpha value is -2.13. The summed E-state index contributed by atoms with van der Waals surface area (Å²) in [5.74, 6) is 0.589. The van der Waals surface area contributed by atoms with Gasteiger partial charge in [-0.25, -0.2) is 9.98 Å². The molecule has 0 spiro atoms. The van der Waals surface area contributed by atoms with E-state index in [0.29, 0.717) is 17.5 Å². The summed E-state index contributed by atoms with van der Waals surface area (Å²) >= 11 is 6.06. The lowest BCUT2D eigenvalue weighted by Gasteiger charge is -2.06. The lowest BCUT2D eigenvalue weighted by molar-refractivity contribution is 0.404. The average Bonchev–Trinajstić information content (AvgIpc) is 2.66. The van der Waals surface area contributed by atoms with Crippen LogP contribution in [0.15, 0.2) is 58.5 Å². The van der Waals surface area contributed by atoms with Gasteiger partial charge in [-0.3, -0.25) is 0 Å². The topological polar surface area (TPSA) is 34.0 Å². The molecule has 0 saturated carbocycles. The van der Waals surface area contributed by atoms with Crippen molar-refractivity contribution in [2.45, 2.75) is 0 Å². The van der Waals surface area contributed by atoms with Gasteiger partial charge in [-0.15, -0.1) is 0 Å². The first kappa shape index (κ1) is 12.9. The lowest BCUT2D eigenvalue weighted by Crippen LogP contribution is -2.07. The molecule has 3 rings (SSSR count). The van der Waals surface area contributed by atoms with Crippen LogP contribution in [0.25, 0.3) is 0 Å². The normalized spacial score (nSPS) is 13.9. The van der Waals surface area contributed by atoms with Gasteiger partial charge in [-0.1, -0.05) is 41.9 Å². The molecule has 0 unspecified atom stereocenters. The fraction of sp³-hybridized carbons (Fsp3) is 0.125. The van der Waals surface area contributed by atoms with Gasteiger partial charge in [-0.2, -0.15) is 0 Å². The predicted octanol–water partition coefficient (Wildman–Crippen LogP) is 3.87. The molecule has 2 aromatic rings. The summed E-state index contributed by atoms with van der Waals surface area (Å²) < 4.78 is 5.36. The number of methoxy groups -OCH3 is 1. The molecule has 2 aromatic carbocycles. The Labute approximate surface area is 122 Å². The molecule has 1 heterocycles. The van der Waals surface area contributed by atoms with Crippen LogP contribution in [-0.4, -0.2) is 25.3 Å². The molecular weight excluding hydrogens is 272 g/mol. The van der Waals surface area contributed by atoms with Crippen LogP contribution in [-0.2, 0) is 4.74 Å². The highest BCUT2D eigenvalue weighted by atomic mass is 35.5. The Morgan fingerprint density at radius 2 is 1.90 bits per heavy atom. The monoisotopic (exact) mass is 284 g/mol. The second kappa shape index (κ2) is 5.47. The summed E-state index contributed by atoms with van der Waals surface area (Å²) in [6.07, 6.45) is 0. The van der Waals surface area contributed by atoms with Crippen LogP contribution in [0.5, 0.6) is 0 Å². The first-order valence-corrected chi connectivity index (χ1v) is 6.67. The van der Waals surface area contributed by atoms with Crippen molar-refractivity contribution in [1.82, 2.24) is 0 Å². The van der Waals surface area contributed by atoms with Crippen molar-refractivity contribution in [2.24, 2.45) is 9.98 Å². The van der Waals surface area contributed by atoms with Crippen LogP contribution in [0.1, 0.15) is 11.1 Å². The standard InChI is InChI=1S/C16H13ClN2O/c1-20-16-13-8-7-12(17)9-14(13)19-15(10-18-16)11-5-3-2-4-6-11/h2-9H,10H2,1H3. The number of aliphatic imine (C=N–C) groups is 2. The van der Waals surface area contributed by atoms with Gasteiger partial charge in [0.15, 0.2) is 0 Å². The maximum Gasteiger partial charge on any atom is 0.218 e. The summed E-state index contributed by atoms with van der Waals surface area (Å²) in [7, 11) is 1.62. The number of nitrogens with zero attached hydrogens (tertiary/aromatic N) is 2. The Morgan fingerprint density at radius 1 is 1.10 bits per heavy atom. The molecule has 100 valence electrons. The molecule has 3 nitrogen and oxygen atoms in total. The minimum absolute atomic E-state index is 0.486. The summed E-state index contributed by atoms with van der Waals surface area (Å²) in [6.45, 7) is 0.486. The summed E-state index contributed by atoms with van der Waals surface area (Å²) in [5.41, 5.74) is 3.61. The molecule has 0 N–H and O–H groups in total. The van der Waals surface area contributed by atoms with Crippen LogP contribution in [0.3, 0.4) is 0 Å². The van der Waals surface area contributed by atoms with Crippen LogP contribution in [0.4, 0.5) is 5.69 Å². The van der Waals surface area contributed by atoms with E-state index in [1.807, 2.05) is 48.5 Å². The van der Waals surface area contributed by atoms with Gasteiger partial charge < -0.3 is 4.74 Å². The maximum atomic E-state index is 6.06. The second-order valence-corrected chi connectivity index (χ2v) is 4.85.